The van der Waals surface area contributed by atoms with Crippen molar-refractivity contribution < 1.29 is 4.79 Å². The number of nitrogens with one attached hydrogen (secondary N) is 1. The Kier molecular flexibility index (Phi) is 3.28. The predicted molar refractivity (Wildman–Crippen MR) is 64.3 cm³/mol. The van der Waals surface area contributed by atoms with Crippen molar-refractivity contribution >= 4 is 17.7 Å². The van der Waals surface area contributed by atoms with Crippen LogP contribution in [0.1, 0.15) is 16.8 Å². The van der Waals surface area contributed by atoms with Gasteiger partial charge in [0.05, 0.1) is 5.69 Å². The predicted octanol–water partition coefficient (Wildman–Crippen LogP) is 2.99. The topological polar surface area (TPSA) is 45.2 Å². The molecule has 80 valence electrons. The second-order valence-corrected chi connectivity index (χ2v) is 3.34. The van der Waals surface area contributed by atoms with E-state index in [0.29, 0.717) is 6.42 Å². The van der Waals surface area contributed by atoms with E-state index in [0.717, 1.165) is 11.3 Å². The van der Waals surface area contributed by atoms with Crippen molar-refractivity contribution in [3.05, 3.63) is 54.4 Å². The fraction of sp³-hybridized carbons (Fsp3) is 0.0769. The SMILES string of the molecule is O=C1CC=Nc2ccccc21.c1cc[nH]c1. The highest BCUT2D eigenvalue weighted by molar-refractivity contribution is 6.09. The summed E-state index contributed by atoms with van der Waals surface area (Å²) in [7, 11) is 0. The van der Waals surface area contributed by atoms with E-state index >= 15 is 0 Å². The van der Waals surface area contributed by atoms with Crippen molar-refractivity contribution in [1.82, 2.24) is 4.98 Å². The lowest BCUT2D eigenvalue weighted by molar-refractivity contribution is 0.100. The number of Topliss-reactive ketones (excluding diaryl/α,β-unsaturated/α-hetero) is 1. The minimum Gasteiger partial charge on any atom is -0.368 e. The molecular weight excluding hydrogens is 200 g/mol. The Morgan fingerprint density at radius 3 is 2.44 bits per heavy atom. The summed E-state index contributed by atoms with van der Waals surface area (Å²) in [6.45, 7) is 0. The molecule has 0 saturated carbocycles. The number of fused-ring (bicyclic) bond motifs is 1. The summed E-state index contributed by atoms with van der Waals surface area (Å²) in [6, 6.07) is 11.3. The smallest absolute Gasteiger partial charge is 0.170 e. The maximum atomic E-state index is 11.2. The average molecular weight is 212 g/mol. The summed E-state index contributed by atoms with van der Waals surface area (Å²) in [4.78, 5) is 18.2. The number of aromatic amines is 1. The number of hydrogen-bond acceptors (Lipinski definition) is 2. The van der Waals surface area contributed by atoms with Crippen LogP contribution in [0.3, 0.4) is 0 Å². The fourth-order valence-corrected chi connectivity index (χ4v) is 1.44. The van der Waals surface area contributed by atoms with E-state index < -0.39 is 0 Å². The van der Waals surface area contributed by atoms with Gasteiger partial charge in [-0.2, -0.15) is 0 Å². The van der Waals surface area contributed by atoms with Gasteiger partial charge in [0.1, 0.15) is 0 Å². The van der Waals surface area contributed by atoms with E-state index in [2.05, 4.69) is 9.98 Å². The Bertz CT molecular complexity index is 469. The van der Waals surface area contributed by atoms with Crippen molar-refractivity contribution in [1.29, 1.82) is 0 Å². The summed E-state index contributed by atoms with van der Waals surface area (Å²) in [5, 5.41) is 0. The Labute approximate surface area is 93.8 Å². The molecule has 0 bridgehead atoms. The number of aromatic nitrogens is 1. The number of rotatable bonds is 0. The molecule has 3 heteroatoms. The molecule has 0 saturated heterocycles. The second-order valence-electron chi connectivity index (χ2n) is 3.34. The number of aliphatic imine (C=N–C) groups is 1. The lowest BCUT2D eigenvalue weighted by Crippen LogP contribution is -2.03. The molecule has 1 aromatic carbocycles. The molecule has 3 rings (SSSR count). The molecule has 0 atom stereocenters. The zero-order chi connectivity index (χ0) is 11.2. The van der Waals surface area contributed by atoms with Gasteiger partial charge in [0.2, 0.25) is 0 Å². The zero-order valence-electron chi connectivity index (χ0n) is 8.76. The third-order valence-corrected chi connectivity index (χ3v) is 2.21. The van der Waals surface area contributed by atoms with Crippen molar-refractivity contribution in [3.8, 4) is 0 Å². The molecule has 1 N–H and O–H groups in total. The highest BCUT2D eigenvalue weighted by Gasteiger charge is 2.11. The molecular formula is C13H12N2O. The molecule has 3 nitrogen and oxygen atoms in total. The summed E-state index contributed by atoms with van der Waals surface area (Å²) < 4.78 is 0. The van der Waals surface area contributed by atoms with Crippen molar-refractivity contribution in [2.24, 2.45) is 4.99 Å². The van der Waals surface area contributed by atoms with Gasteiger partial charge in [0.15, 0.2) is 5.78 Å². The molecule has 0 aliphatic carbocycles. The van der Waals surface area contributed by atoms with Crippen LogP contribution < -0.4 is 0 Å². The van der Waals surface area contributed by atoms with Crippen LogP contribution in [0.15, 0.2) is 53.8 Å². The van der Waals surface area contributed by atoms with Gasteiger partial charge in [0.25, 0.3) is 0 Å². The first-order valence-corrected chi connectivity index (χ1v) is 5.10. The van der Waals surface area contributed by atoms with Gasteiger partial charge in [-0.1, -0.05) is 12.1 Å². The first kappa shape index (κ1) is 10.4. The fourth-order valence-electron chi connectivity index (χ4n) is 1.44. The van der Waals surface area contributed by atoms with Crippen LogP contribution in [0.5, 0.6) is 0 Å². The molecule has 2 aromatic rings. The number of carbonyl (C=O) groups excluding carboxylic acids is 1. The van der Waals surface area contributed by atoms with E-state index in [4.69, 9.17) is 0 Å². The van der Waals surface area contributed by atoms with E-state index in [9.17, 15) is 4.79 Å². The van der Waals surface area contributed by atoms with Gasteiger partial charge in [-0.3, -0.25) is 9.79 Å². The van der Waals surface area contributed by atoms with Crippen LogP contribution in [0.2, 0.25) is 0 Å². The van der Waals surface area contributed by atoms with Crippen molar-refractivity contribution in [3.63, 3.8) is 0 Å². The zero-order valence-corrected chi connectivity index (χ0v) is 8.76. The van der Waals surface area contributed by atoms with Gasteiger partial charge in [-0.05, 0) is 24.3 Å². The number of ketones is 1. The number of para-hydroxylation sites is 1. The molecule has 0 amide bonds. The number of nitrogens with zero attached hydrogens (tertiary/aromatic N) is 1. The monoisotopic (exact) mass is 212 g/mol. The normalized spacial score (nSPS) is 12.6. The Hall–Kier alpha value is -2.16. The molecule has 0 radical (unpaired) electrons. The number of hydrogen-bond donors (Lipinski definition) is 1. The van der Waals surface area contributed by atoms with Crippen LogP contribution in [-0.4, -0.2) is 17.0 Å². The van der Waals surface area contributed by atoms with E-state index in [1.807, 2.05) is 48.8 Å². The van der Waals surface area contributed by atoms with E-state index in [1.54, 1.807) is 6.21 Å². The lowest BCUT2D eigenvalue weighted by atomic mass is 10.0. The highest BCUT2D eigenvalue weighted by atomic mass is 16.1. The van der Waals surface area contributed by atoms with Crippen LogP contribution in [-0.2, 0) is 0 Å². The third kappa shape index (κ3) is 2.45. The molecule has 0 unspecified atom stereocenters. The molecule has 0 fully saturated rings. The molecule has 1 aliphatic rings. The summed E-state index contributed by atoms with van der Waals surface area (Å²) >= 11 is 0. The van der Waals surface area contributed by atoms with Crippen LogP contribution in [0, 0.1) is 0 Å². The van der Waals surface area contributed by atoms with Gasteiger partial charge < -0.3 is 4.98 Å². The molecule has 0 spiro atoms. The van der Waals surface area contributed by atoms with Crippen molar-refractivity contribution in [2.75, 3.05) is 0 Å². The molecule has 16 heavy (non-hydrogen) atoms. The molecule has 1 aromatic heterocycles. The van der Waals surface area contributed by atoms with Crippen molar-refractivity contribution in [2.45, 2.75) is 6.42 Å². The van der Waals surface area contributed by atoms with Crippen LogP contribution in [0.4, 0.5) is 5.69 Å². The van der Waals surface area contributed by atoms with Gasteiger partial charge in [-0.25, -0.2) is 0 Å². The van der Waals surface area contributed by atoms with Gasteiger partial charge >= 0.3 is 0 Å². The number of H-pyrrole nitrogens is 1. The highest BCUT2D eigenvalue weighted by Crippen LogP contribution is 2.22. The maximum absolute atomic E-state index is 11.2. The molecule has 1 aliphatic heterocycles. The average Bonchev–Trinajstić information content (AvgIpc) is 2.88. The van der Waals surface area contributed by atoms with E-state index in [1.165, 1.54) is 0 Å². The summed E-state index contributed by atoms with van der Waals surface area (Å²) in [5.41, 5.74) is 1.54. The molecule has 2 heterocycles. The van der Waals surface area contributed by atoms with E-state index in [-0.39, 0.29) is 5.78 Å². The number of carbonyl (C=O) groups is 1. The van der Waals surface area contributed by atoms with Crippen LogP contribution >= 0.6 is 0 Å². The minimum atomic E-state index is 0.163. The Morgan fingerprint density at radius 1 is 1.06 bits per heavy atom. The van der Waals surface area contributed by atoms with Gasteiger partial charge in [0, 0.05) is 30.6 Å². The Balaban J connectivity index is 0.000000162. The second kappa shape index (κ2) is 5.07. The Morgan fingerprint density at radius 2 is 1.81 bits per heavy atom. The minimum absolute atomic E-state index is 0.163. The van der Waals surface area contributed by atoms with Gasteiger partial charge in [-0.15, -0.1) is 0 Å². The first-order valence-electron chi connectivity index (χ1n) is 5.10. The summed E-state index contributed by atoms with van der Waals surface area (Å²) in [6.07, 6.45) is 5.85. The summed E-state index contributed by atoms with van der Waals surface area (Å²) in [5.74, 6) is 0.163. The maximum Gasteiger partial charge on any atom is 0.170 e. The first-order chi connectivity index (χ1) is 7.88. The quantitative estimate of drug-likeness (QED) is 0.716. The third-order valence-electron chi connectivity index (χ3n) is 2.21. The standard InChI is InChI=1S/C9H7NO.C4H5N/c11-9-5-6-10-8-4-2-1-3-7(8)9;1-2-4-5-3-1/h1-4,6H,5H2;1-5H. The van der Waals surface area contributed by atoms with Crippen LogP contribution in [0.25, 0.3) is 0 Å². The largest absolute Gasteiger partial charge is 0.368 e. The lowest BCUT2D eigenvalue weighted by Gasteiger charge is -2.06. The number of benzene rings is 1.